The van der Waals surface area contributed by atoms with E-state index in [1.54, 1.807) is 11.1 Å². The van der Waals surface area contributed by atoms with Gasteiger partial charge >= 0.3 is 0 Å². The molecular weight excluding hydrogens is 504 g/mol. The first kappa shape index (κ1) is 23.6. The van der Waals surface area contributed by atoms with Crippen LogP contribution in [0.1, 0.15) is 99.9 Å². The Labute approximate surface area is 248 Å². The van der Waals surface area contributed by atoms with Gasteiger partial charge in [0.25, 0.3) is 0 Å². The summed E-state index contributed by atoms with van der Waals surface area (Å²) in [4.78, 5) is 0. The molecule has 0 N–H and O–H groups in total. The summed E-state index contributed by atoms with van der Waals surface area (Å²) in [7, 11) is 0. The van der Waals surface area contributed by atoms with E-state index in [1.807, 2.05) is 0 Å². The van der Waals surface area contributed by atoms with Gasteiger partial charge in [-0.2, -0.15) is 0 Å². The van der Waals surface area contributed by atoms with Crippen molar-refractivity contribution in [2.45, 2.75) is 77.0 Å². The molecular formula is C42H36. The highest BCUT2D eigenvalue weighted by Crippen LogP contribution is 2.67. The van der Waals surface area contributed by atoms with Crippen molar-refractivity contribution < 1.29 is 0 Å². The zero-order valence-electron chi connectivity index (χ0n) is 25.9. The summed E-state index contributed by atoms with van der Waals surface area (Å²) < 4.78 is 0. The third-order valence-electron chi connectivity index (χ3n) is 12.3. The fourth-order valence-electron chi connectivity index (χ4n) is 10.4. The van der Waals surface area contributed by atoms with Crippen molar-refractivity contribution in [1.82, 2.24) is 0 Å². The molecule has 0 saturated heterocycles. The summed E-state index contributed by atoms with van der Waals surface area (Å²) in [5, 5.41) is 8.88. The van der Waals surface area contributed by atoms with Crippen LogP contribution in [0.4, 0.5) is 0 Å². The quantitative estimate of drug-likeness (QED) is 0.168. The van der Waals surface area contributed by atoms with Gasteiger partial charge in [0, 0.05) is 21.7 Å². The third kappa shape index (κ3) is 2.14. The minimum atomic E-state index is -0.0990. The van der Waals surface area contributed by atoms with E-state index in [4.69, 9.17) is 0 Å². The maximum Gasteiger partial charge on any atom is 0.0165 e. The van der Waals surface area contributed by atoms with Gasteiger partial charge in [-0.05, 0) is 99.1 Å². The lowest BCUT2D eigenvalue weighted by molar-refractivity contribution is 0.640. The van der Waals surface area contributed by atoms with Crippen LogP contribution >= 0.6 is 0 Å². The van der Waals surface area contributed by atoms with Gasteiger partial charge in [-0.3, -0.25) is 0 Å². The monoisotopic (exact) mass is 540 g/mol. The predicted octanol–water partition coefficient (Wildman–Crippen LogP) is 11.0. The average molecular weight is 541 g/mol. The fraction of sp³-hybridized carbons (Fsp3) is 0.286. The van der Waals surface area contributed by atoms with Crippen molar-refractivity contribution in [2.24, 2.45) is 0 Å². The minimum Gasteiger partial charge on any atom is -0.0616 e. The van der Waals surface area contributed by atoms with Gasteiger partial charge in [0.15, 0.2) is 0 Å². The first-order valence-electron chi connectivity index (χ1n) is 15.7. The minimum absolute atomic E-state index is 0.0580. The molecule has 6 aromatic rings. The zero-order chi connectivity index (χ0) is 28.9. The predicted molar refractivity (Wildman–Crippen MR) is 178 cm³/mol. The Bertz CT molecular complexity index is 2170. The van der Waals surface area contributed by atoms with E-state index >= 15 is 0 Å². The van der Waals surface area contributed by atoms with Crippen molar-refractivity contribution in [3.63, 3.8) is 0 Å². The maximum absolute atomic E-state index is 2.49. The number of benzene rings is 6. The highest BCUT2D eigenvalue weighted by atomic mass is 14.5. The lowest BCUT2D eigenvalue weighted by atomic mass is 9.66. The molecule has 0 bridgehead atoms. The summed E-state index contributed by atoms with van der Waals surface area (Å²) in [6, 6.07) is 28.7. The second kappa shape index (κ2) is 6.52. The van der Waals surface area contributed by atoms with Crippen LogP contribution in [-0.2, 0) is 21.7 Å². The lowest BCUT2D eigenvalue weighted by Gasteiger charge is -2.37. The van der Waals surface area contributed by atoms with E-state index < -0.39 is 0 Å². The molecule has 204 valence electrons. The van der Waals surface area contributed by atoms with Crippen molar-refractivity contribution in [1.29, 1.82) is 0 Å². The Kier molecular flexibility index (Phi) is 3.67. The second-order valence-electron chi connectivity index (χ2n) is 15.7. The standard InChI is InChI=1S/C42H36/c1-39(2)23-15-9-13-21-29(23)35-33-25(39)17-11-19-27(33)41(5,6)37(35)32-22-14-10-16-24-30(22)36-34-26(40(24,3)4)18-12-20-28(34)42(7,8)38(36)31(21)32/h9-20H,1-8H3. The Morgan fingerprint density at radius 2 is 0.619 bits per heavy atom. The zero-order valence-corrected chi connectivity index (χ0v) is 25.9. The molecule has 0 amide bonds. The van der Waals surface area contributed by atoms with E-state index in [0.717, 1.165) is 0 Å². The number of fused-ring (bicyclic) bond motifs is 5. The van der Waals surface area contributed by atoms with Crippen LogP contribution < -0.4 is 0 Å². The molecule has 0 atom stereocenters. The Hall–Kier alpha value is -3.90. The summed E-state index contributed by atoms with van der Waals surface area (Å²) in [6.07, 6.45) is 0. The number of hydrogen-bond acceptors (Lipinski definition) is 0. The smallest absolute Gasteiger partial charge is 0.0165 e. The first-order valence-corrected chi connectivity index (χ1v) is 15.7. The van der Waals surface area contributed by atoms with E-state index in [0.29, 0.717) is 0 Å². The highest BCUT2D eigenvalue weighted by molar-refractivity contribution is 6.31. The van der Waals surface area contributed by atoms with Crippen molar-refractivity contribution in [2.75, 3.05) is 0 Å². The molecule has 0 nitrogen and oxygen atoms in total. The molecule has 0 heterocycles. The van der Waals surface area contributed by atoms with E-state index in [1.165, 1.54) is 88.0 Å². The topological polar surface area (TPSA) is 0 Å². The van der Waals surface area contributed by atoms with Crippen LogP contribution in [-0.4, -0.2) is 0 Å². The van der Waals surface area contributed by atoms with Gasteiger partial charge in [-0.25, -0.2) is 0 Å². The Morgan fingerprint density at radius 3 is 1.00 bits per heavy atom. The molecule has 0 radical (unpaired) electrons. The van der Waals surface area contributed by atoms with Gasteiger partial charge < -0.3 is 0 Å². The molecule has 0 saturated carbocycles. The first-order chi connectivity index (χ1) is 19.9. The second-order valence-corrected chi connectivity index (χ2v) is 15.7. The Balaban J connectivity index is 1.61. The molecule has 0 spiro atoms. The SMILES string of the molecule is CC1(C)c2cccc3c2-c2c(c4c5cccc6c5c5c(c4c4cccc1c24)C(C)(C)c1cccc(c1-5)C6(C)C)C3(C)C. The summed E-state index contributed by atoms with van der Waals surface area (Å²) in [5.41, 5.74) is 17.7. The van der Waals surface area contributed by atoms with Gasteiger partial charge in [-0.15, -0.1) is 0 Å². The summed E-state index contributed by atoms with van der Waals surface area (Å²) >= 11 is 0. The van der Waals surface area contributed by atoms with Gasteiger partial charge in [0.2, 0.25) is 0 Å². The van der Waals surface area contributed by atoms with Crippen LogP contribution in [0.2, 0.25) is 0 Å². The fourth-order valence-corrected chi connectivity index (χ4v) is 10.4. The number of hydrogen-bond donors (Lipinski definition) is 0. The van der Waals surface area contributed by atoms with Crippen molar-refractivity contribution in [3.05, 3.63) is 117 Å². The third-order valence-corrected chi connectivity index (χ3v) is 12.3. The summed E-state index contributed by atoms with van der Waals surface area (Å²) in [6.45, 7) is 19.7. The van der Waals surface area contributed by atoms with Crippen LogP contribution in [0, 0.1) is 0 Å². The largest absolute Gasteiger partial charge is 0.0616 e. The number of rotatable bonds is 0. The molecule has 4 aliphatic carbocycles. The Morgan fingerprint density at radius 1 is 0.310 bits per heavy atom. The molecule has 0 aliphatic heterocycles. The summed E-state index contributed by atoms with van der Waals surface area (Å²) in [5.74, 6) is 0. The molecule has 0 fully saturated rings. The normalized spacial score (nSPS) is 19.7. The van der Waals surface area contributed by atoms with Gasteiger partial charge in [-0.1, -0.05) is 128 Å². The molecule has 0 heteroatoms. The van der Waals surface area contributed by atoms with Crippen molar-refractivity contribution in [3.8, 4) is 22.3 Å². The molecule has 6 aromatic carbocycles. The van der Waals surface area contributed by atoms with E-state index in [2.05, 4.69) is 128 Å². The molecule has 0 aromatic heterocycles. The highest BCUT2D eigenvalue weighted by Gasteiger charge is 2.50. The van der Waals surface area contributed by atoms with Crippen LogP contribution in [0.25, 0.3) is 54.6 Å². The lowest BCUT2D eigenvalue weighted by Crippen LogP contribution is -2.24. The molecule has 10 rings (SSSR count). The molecule has 42 heavy (non-hydrogen) atoms. The van der Waals surface area contributed by atoms with Crippen LogP contribution in [0.15, 0.2) is 72.8 Å². The van der Waals surface area contributed by atoms with E-state index in [-0.39, 0.29) is 21.7 Å². The van der Waals surface area contributed by atoms with Crippen molar-refractivity contribution >= 4 is 32.3 Å². The van der Waals surface area contributed by atoms with Gasteiger partial charge in [0.1, 0.15) is 0 Å². The van der Waals surface area contributed by atoms with Gasteiger partial charge in [0.05, 0.1) is 0 Å². The van der Waals surface area contributed by atoms with Crippen LogP contribution in [0.3, 0.4) is 0 Å². The average Bonchev–Trinajstić information content (AvgIpc) is 3.35. The maximum atomic E-state index is 2.49. The van der Waals surface area contributed by atoms with E-state index in [9.17, 15) is 0 Å². The molecule has 0 unspecified atom stereocenters. The molecule has 4 aliphatic rings. The van der Waals surface area contributed by atoms with Crippen LogP contribution in [0.5, 0.6) is 0 Å².